The number of hydrogen-bond acceptors (Lipinski definition) is 3. The smallest absolute Gasteiger partial charge is 0.0636 e. The molecule has 100 valence electrons. The zero-order valence-corrected chi connectivity index (χ0v) is 11.1. The lowest BCUT2D eigenvalue weighted by Gasteiger charge is -2.40. The monoisotopic (exact) mass is 240 g/mol. The van der Waals surface area contributed by atoms with Crippen LogP contribution >= 0.6 is 0 Å². The van der Waals surface area contributed by atoms with E-state index in [1.807, 2.05) is 6.92 Å². The molecule has 0 aromatic carbocycles. The molecule has 3 heteroatoms. The molecule has 17 heavy (non-hydrogen) atoms. The van der Waals surface area contributed by atoms with Gasteiger partial charge in [0.25, 0.3) is 0 Å². The molecule has 2 aliphatic rings. The summed E-state index contributed by atoms with van der Waals surface area (Å²) < 4.78 is 0. The van der Waals surface area contributed by atoms with E-state index >= 15 is 0 Å². The highest BCUT2D eigenvalue weighted by atomic mass is 16.3. The number of aliphatic hydroxyl groups is 1. The zero-order chi connectivity index (χ0) is 12.1. The van der Waals surface area contributed by atoms with Crippen LogP contribution in [0.2, 0.25) is 0 Å². The molecule has 0 spiro atoms. The largest absolute Gasteiger partial charge is 0.392 e. The quantitative estimate of drug-likeness (QED) is 0.700. The molecule has 4 unspecified atom stereocenters. The van der Waals surface area contributed by atoms with Crippen molar-refractivity contribution in [1.82, 2.24) is 10.6 Å². The van der Waals surface area contributed by atoms with E-state index in [2.05, 4.69) is 10.6 Å². The van der Waals surface area contributed by atoms with Gasteiger partial charge in [0, 0.05) is 18.6 Å². The van der Waals surface area contributed by atoms with Crippen LogP contribution < -0.4 is 10.6 Å². The molecule has 0 aromatic heterocycles. The van der Waals surface area contributed by atoms with Gasteiger partial charge in [0.1, 0.15) is 0 Å². The van der Waals surface area contributed by atoms with Crippen molar-refractivity contribution in [3.8, 4) is 0 Å². The molecule has 3 nitrogen and oxygen atoms in total. The second-order valence-corrected chi connectivity index (χ2v) is 5.87. The fraction of sp³-hybridized carbons (Fsp3) is 1.00. The average molecular weight is 240 g/mol. The van der Waals surface area contributed by atoms with E-state index in [0.717, 1.165) is 18.5 Å². The summed E-state index contributed by atoms with van der Waals surface area (Å²) in [5.74, 6) is 0.780. The predicted octanol–water partition coefficient (Wildman–Crippen LogP) is 1.66. The van der Waals surface area contributed by atoms with Gasteiger partial charge < -0.3 is 15.7 Å². The molecular formula is C14H28N2O. The minimum Gasteiger partial charge on any atom is -0.392 e. The van der Waals surface area contributed by atoms with Crippen LogP contribution in [0, 0.1) is 5.92 Å². The van der Waals surface area contributed by atoms with Crippen molar-refractivity contribution in [3.63, 3.8) is 0 Å². The van der Waals surface area contributed by atoms with Gasteiger partial charge in [0.05, 0.1) is 6.10 Å². The van der Waals surface area contributed by atoms with Gasteiger partial charge in [-0.05, 0) is 45.1 Å². The third-order valence-electron chi connectivity index (χ3n) is 4.36. The van der Waals surface area contributed by atoms with Gasteiger partial charge in [-0.3, -0.25) is 0 Å². The minimum atomic E-state index is -0.225. The van der Waals surface area contributed by atoms with Gasteiger partial charge in [-0.25, -0.2) is 0 Å². The van der Waals surface area contributed by atoms with Crippen LogP contribution in [0.25, 0.3) is 0 Å². The lowest BCUT2D eigenvalue weighted by molar-refractivity contribution is 0.147. The minimum absolute atomic E-state index is 0.225. The van der Waals surface area contributed by atoms with Crippen molar-refractivity contribution in [2.75, 3.05) is 13.1 Å². The Labute approximate surface area is 105 Å². The van der Waals surface area contributed by atoms with Crippen LogP contribution in [-0.2, 0) is 0 Å². The van der Waals surface area contributed by atoms with E-state index in [1.54, 1.807) is 0 Å². The molecule has 0 aromatic rings. The Morgan fingerprint density at radius 3 is 2.65 bits per heavy atom. The maximum Gasteiger partial charge on any atom is 0.0636 e. The molecule has 0 radical (unpaired) electrons. The van der Waals surface area contributed by atoms with E-state index in [0.29, 0.717) is 6.04 Å². The van der Waals surface area contributed by atoms with Crippen molar-refractivity contribution in [2.24, 2.45) is 5.92 Å². The van der Waals surface area contributed by atoms with Gasteiger partial charge in [0.15, 0.2) is 0 Å². The van der Waals surface area contributed by atoms with Gasteiger partial charge in [-0.15, -0.1) is 0 Å². The van der Waals surface area contributed by atoms with Gasteiger partial charge in [-0.2, -0.15) is 0 Å². The van der Waals surface area contributed by atoms with Crippen LogP contribution in [0.5, 0.6) is 0 Å². The van der Waals surface area contributed by atoms with Crippen molar-refractivity contribution in [1.29, 1.82) is 0 Å². The number of rotatable bonds is 4. The fourth-order valence-electron chi connectivity index (χ4n) is 3.46. The summed E-state index contributed by atoms with van der Waals surface area (Å²) in [6.45, 7) is 3.81. The molecule has 1 heterocycles. The summed E-state index contributed by atoms with van der Waals surface area (Å²) in [5.41, 5.74) is 0. The molecular weight excluding hydrogens is 212 g/mol. The Morgan fingerprint density at radius 2 is 1.94 bits per heavy atom. The van der Waals surface area contributed by atoms with Crippen molar-refractivity contribution >= 4 is 0 Å². The third-order valence-corrected chi connectivity index (χ3v) is 4.36. The van der Waals surface area contributed by atoms with Crippen LogP contribution in [0.15, 0.2) is 0 Å². The average Bonchev–Trinajstić information content (AvgIpc) is 2.38. The Balaban J connectivity index is 1.86. The summed E-state index contributed by atoms with van der Waals surface area (Å²) in [4.78, 5) is 0. The first kappa shape index (κ1) is 13.3. The topological polar surface area (TPSA) is 44.3 Å². The molecule has 0 amide bonds. The number of aliphatic hydroxyl groups excluding tert-OH is 1. The SMILES string of the molecule is CC(O)CNC1CCCCC1C1CCCCN1. The maximum absolute atomic E-state index is 9.40. The molecule has 0 bridgehead atoms. The van der Waals surface area contributed by atoms with Crippen molar-refractivity contribution in [3.05, 3.63) is 0 Å². The molecule has 2 rings (SSSR count). The van der Waals surface area contributed by atoms with Crippen LogP contribution in [-0.4, -0.2) is 36.4 Å². The normalized spacial score (nSPS) is 36.7. The summed E-state index contributed by atoms with van der Waals surface area (Å²) in [6, 6.07) is 1.34. The molecule has 4 atom stereocenters. The summed E-state index contributed by atoms with van der Waals surface area (Å²) in [6.07, 6.45) is 9.22. The molecule has 2 fully saturated rings. The van der Waals surface area contributed by atoms with E-state index in [-0.39, 0.29) is 6.10 Å². The van der Waals surface area contributed by atoms with E-state index in [9.17, 15) is 5.11 Å². The standard InChI is InChI=1S/C14H28N2O/c1-11(17)10-16-14-7-3-2-6-12(14)13-8-4-5-9-15-13/h11-17H,2-10H2,1H3. The molecule has 1 saturated carbocycles. The second kappa shape index (κ2) is 6.72. The maximum atomic E-state index is 9.40. The summed E-state index contributed by atoms with van der Waals surface area (Å²) >= 11 is 0. The molecule has 3 N–H and O–H groups in total. The number of nitrogens with one attached hydrogen (secondary N) is 2. The predicted molar refractivity (Wildman–Crippen MR) is 71.1 cm³/mol. The van der Waals surface area contributed by atoms with Gasteiger partial charge in [-0.1, -0.05) is 19.3 Å². The lowest BCUT2D eigenvalue weighted by Crippen LogP contribution is -2.51. The Bertz CT molecular complexity index is 214. The first-order valence-electron chi connectivity index (χ1n) is 7.42. The lowest BCUT2D eigenvalue weighted by atomic mass is 9.77. The highest BCUT2D eigenvalue weighted by molar-refractivity contribution is 4.90. The van der Waals surface area contributed by atoms with E-state index in [4.69, 9.17) is 0 Å². The third kappa shape index (κ3) is 3.94. The Hall–Kier alpha value is -0.120. The van der Waals surface area contributed by atoms with Crippen LogP contribution in [0.4, 0.5) is 0 Å². The first-order valence-corrected chi connectivity index (χ1v) is 7.42. The number of hydrogen-bond donors (Lipinski definition) is 3. The Morgan fingerprint density at radius 1 is 1.18 bits per heavy atom. The summed E-state index contributed by atoms with van der Waals surface area (Å²) in [7, 11) is 0. The van der Waals surface area contributed by atoms with Crippen molar-refractivity contribution < 1.29 is 5.11 Å². The first-order chi connectivity index (χ1) is 8.27. The number of piperidine rings is 1. The molecule has 1 aliphatic carbocycles. The molecule has 1 saturated heterocycles. The van der Waals surface area contributed by atoms with Crippen molar-refractivity contribution in [2.45, 2.75) is 70.1 Å². The van der Waals surface area contributed by atoms with E-state index in [1.165, 1.54) is 51.5 Å². The second-order valence-electron chi connectivity index (χ2n) is 5.87. The van der Waals surface area contributed by atoms with Gasteiger partial charge >= 0.3 is 0 Å². The van der Waals surface area contributed by atoms with Crippen LogP contribution in [0.3, 0.4) is 0 Å². The van der Waals surface area contributed by atoms with E-state index < -0.39 is 0 Å². The Kier molecular flexibility index (Phi) is 5.26. The molecule has 1 aliphatic heterocycles. The highest BCUT2D eigenvalue weighted by Crippen LogP contribution is 2.30. The zero-order valence-electron chi connectivity index (χ0n) is 11.1. The highest BCUT2D eigenvalue weighted by Gasteiger charge is 2.32. The van der Waals surface area contributed by atoms with Gasteiger partial charge in [0.2, 0.25) is 0 Å². The fourth-order valence-corrected chi connectivity index (χ4v) is 3.46. The van der Waals surface area contributed by atoms with Crippen LogP contribution in [0.1, 0.15) is 51.9 Å². The summed E-state index contributed by atoms with van der Waals surface area (Å²) in [5, 5.41) is 16.7.